The summed E-state index contributed by atoms with van der Waals surface area (Å²) in [6.45, 7) is 9.89. The SMILES string of the molecule is CC.CC(C)c1cnc2c(c1)OCCN2. The maximum Gasteiger partial charge on any atom is 0.168 e. The summed E-state index contributed by atoms with van der Waals surface area (Å²) in [4.78, 5) is 4.30. The van der Waals surface area contributed by atoms with Gasteiger partial charge in [0.05, 0.1) is 6.54 Å². The lowest BCUT2D eigenvalue weighted by Crippen LogP contribution is -2.19. The van der Waals surface area contributed by atoms with Crippen LogP contribution in [0.1, 0.15) is 39.2 Å². The van der Waals surface area contributed by atoms with Crippen molar-refractivity contribution in [1.29, 1.82) is 0 Å². The van der Waals surface area contributed by atoms with E-state index in [0.717, 1.165) is 24.7 Å². The Labute approximate surface area is 91.9 Å². The summed E-state index contributed by atoms with van der Waals surface area (Å²) < 4.78 is 5.49. The third kappa shape index (κ3) is 2.85. The Morgan fingerprint density at radius 1 is 1.40 bits per heavy atom. The Kier molecular flexibility index (Phi) is 4.40. The Morgan fingerprint density at radius 2 is 2.13 bits per heavy atom. The molecule has 0 bridgehead atoms. The molecule has 1 N–H and O–H groups in total. The fourth-order valence-electron chi connectivity index (χ4n) is 1.35. The number of hydrogen-bond donors (Lipinski definition) is 1. The summed E-state index contributed by atoms with van der Waals surface area (Å²) in [6, 6.07) is 2.07. The molecule has 0 radical (unpaired) electrons. The van der Waals surface area contributed by atoms with E-state index < -0.39 is 0 Å². The smallest absolute Gasteiger partial charge is 0.168 e. The molecule has 0 saturated carbocycles. The molecule has 84 valence electrons. The Bertz CT molecular complexity index is 310. The first-order valence-corrected chi connectivity index (χ1v) is 5.64. The minimum atomic E-state index is 0.503. The van der Waals surface area contributed by atoms with E-state index >= 15 is 0 Å². The van der Waals surface area contributed by atoms with Gasteiger partial charge in [-0.25, -0.2) is 4.98 Å². The van der Waals surface area contributed by atoms with Gasteiger partial charge < -0.3 is 10.1 Å². The highest BCUT2D eigenvalue weighted by Crippen LogP contribution is 2.27. The van der Waals surface area contributed by atoms with E-state index in [9.17, 15) is 0 Å². The summed E-state index contributed by atoms with van der Waals surface area (Å²) in [7, 11) is 0. The number of fused-ring (bicyclic) bond motifs is 1. The van der Waals surface area contributed by atoms with Crippen LogP contribution >= 0.6 is 0 Å². The van der Waals surface area contributed by atoms with Crippen molar-refractivity contribution < 1.29 is 4.74 Å². The van der Waals surface area contributed by atoms with Crippen molar-refractivity contribution in [2.75, 3.05) is 18.5 Å². The number of anilines is 1. The van der Waals surface area contributed by atoms with Crippen LogP contribution < -0.4 is 10.1 Å². The second-order valence-corrected chi connectivity index (χ2v) is 3.55. The molecule has 0 amide bonds. The molecule has 0 unspecified atom stereocenters. The van der Waals surface area contributed by atoms with Gasteiger partial charge in [-0.3, -0.25) is 0 Å². The molecule has 0 aliphatic carbocycles. The van der Waals surface area contributed by atoms with Gasteiger partial charge in [0, 0.05) is 6.20 Å². The molecule has 2 rings (SSSR count). The number of hydrogen-bond acceptors (Lipinski definition) is 3. The van der Waals surface area contributed by atoms with Gasteiger partial charge in [-0.1, -0.05) is 27.7 Å². The highest BCUT2D eigenvalue weighted by atomic mass is 16.5. The standard InChI is InChI=1S/C10H14N2O.C2H6/c1-7(2)8-5-9-10(12-6-8)11-3-4-13-9;1-2/h5-7H,3-4H2,1-2H3,(H,11,12);1-2H3. The summed E-state index contributed by atoms with van der Waals surface area (Å²) in [5, 5.41) is 3.19. The van der Waals surface area contributed by atoms with Crippen LogP contribution in [0.4, 0.5) is 5.82 Å². The van der Waals surface area contributed by atoms with Crippen LogP contribution in [0.15, 0.2) is 12.3 Å². The lowest BCUT2D eigenvalue weighted by molar-refractivity contribution is 0.321. The second-order valence-electron chi connectivity index (χ2n) is 3.55. The van der Waals surface area contributed by atoms with Crippen molar-refractivity contribution in [2.45, 2.75) is 33.6 Å². The molecule has 1 aliphatic heterocycles. The van der Waals surface area contributed by atoms with Crippen LogP contribution in [0, 0.1) is 0 Å². The molecule has 1 aromatic rings. The monoisotopic (exact) mass is 208 g/mol. The average molecular weight is 208 g/mol. The molecule has 3 nitrogen and oxygen atoms in total. The fraction of sp³-hybridized carbons (Fsp3) is 0.583. The van der Waals surface area contributed by atoms with Gasteiger partial charge in [0.25, 0.3) is 0 Å². The molecule has 0 spiro atoms. The van der Waals surface area contributed by atoms with Crippen LogP contribution in [0.3, 0.4) is 0 Å². The number of nitrogens with one attached hydrogen (secondary N) is 1. The molecule has 0 aromatic carbocycles. The molecule has 1 aromatic heterocycles. The van der Waals surface area contributed by atoms with Crippen LogP contribution in [-0.2, 0) is 0 Å². The van der Waals surface area contributed by atoms with E-state index in [2.05, 4.69) is 30.2 Å². The lowest BCUT2D eigenvalue weighted by Gasteiger charge is -2.19. The Morgan fingerprint density at radius 3 is 2.80 bits per heavy atom. The molecular formula is C12H20N2O. The number of aromatic nitrogens is 1. The fourth-order valence-corrected chi connectivity index (χ4v) is 1.35. The first kappa shape index (κ1) is 11.8. The zero-order chi connectivity index (χ0) is 11.3. The minimum Gasteiger partial charge on any atom is -0.488 e. The normalized spacial score (nSPS) is 13.1. The van der Waals surface area contributed by atoms with Gasteiger partial charge in [0.15, 0.2) is 11.6 Å². The van der Waals surface area contributed by atoms with Crippen molar-refractivity contribution in [1.82, 2.24) is 4.98 Å². The maximum atomic E-state index is 5.49. The second kappa shape index (κ2) is 5.59. The molecule has 2 heterocycles. The van der Waals surface area contributed by atoms with E-state index in [1.54, 1.807) is 0 Å². The van der Waals surface area contributed by atoms with E-state index in [4.69, 9.17) is 4.74 Å². The number of nitrogens with zero attached hydrogens (tertiary/aromatic N) is 1. The molecule has 15 heavy (non-hydrogen) atoms. The van der Waals surface area contributed by atoms with Gasteiger partial charge in [-0.15, -0.1) is 0 Å². The molecule has 3 heteroatoms. The zero-order valence-electron chi connectivity index (χ0n) is 10.0. The van der Waals surface area contributed by atoms with Crippen molar-refractivity contribution >= 4 is 5.82 Å². The van der Waals surface area contributed by atoms with Crippen LogP contribution in [-0.4, -0.2) is 18.1 Å². The van der Waals surface area contributed by atoms with Crippen molar-refractivity contribution in [3.05, 3.63) is 17.8 Å². The van der Waals surface area contributed by atoms with Crippen molar-refractivity contribution in [3.63, 3.8) is 0 Å². The summed E-state index contributed by atoms with van der Waals surface area (Å²) in [6.07, 6.45) is 1.91. The van der Waals surface area contributed by atoms with Crippen molar-refractivity contribution in [2.24, 2.45) is 0 Å². The van der Waals surface area contributed by atoms with Gasteiger partial charge in [-0.2, -0.15) is 0 Å². The number of rotatable bonds is 1. The van der Waals surface area contributed by atoms with E-state index in [-0.39, 0.29) is 0 Å². The highest BCUT2D eigenvalue weighted by Gasteiger charge is 2.12. The maximum absolute atomic E-state index is 5.49. The summed E-state index contributed by atoms with van der Waals surface area (Å²) in [5.41, 5.74) is 1.22. The lowest BCUT2D eigenvalue weighted by atomic mass is 10.1. The zero-order valence-corrected chi connectivity index (χ0v) is 10.0. The summed E-state index contributed by atoms with van der Waals surface area (Å²) >= 11 is 0. The third-order valence-corrected chi connectivity index (χ3v) is 2.19. The first-order chi connectivity index (χ1) is 7.27. The minimum absolute atomic E-state index is 0.503. The van der Waals surface area contributed by atoms with Gasteiger partial charge >= 0.3 is 0 Å². The van der Waals surface area contributed by atoms with Gasteiger partial charge in [-0.05, 0) is 17.5 Å². The molecule has 1 aliphatic rings. The number of pyridine rings is 1. The van der Waals surface area contributed by atoms with Gasteiger partial charge in [0.2, 0.25) is 0 Å². The Hall–Kier alpha value is -1.25. The predicted octanol–water partition coefficient (Wildman–Crippen LogP) is 3.04. The van der Waals surface area contributed by atoms with Crippen LogP contribution in [0.2, 0.25) is 0 Å². The van der Waals surface area contributed by atoms with Crippen LogP contribution in [0.25, 0.3) is 0 Å². The number of ether oxygens (including phenoxy) is 1. The third-order valence-electron chi connectivity index (χ3n) is 2.19. The van der Waals surface area contributed by atoms with Crippen LogP contribution in [0.5, 0.6) is 5.75 Å². The topological polar surface area (TPSA) is 34.1 Å². The molecule has 0 saturated heterocycles. The van der Waals surface area contributed by atoms with E-state index in [1.807, 2.05) is 20.0 Å². The molecule has 0 atom stereocenters. The quantitative estimate of drug-likeness (QED) is 0.770. The largest absolute Gasteiger partial charge is 0.488 e. The van der Waals surface area contributed by atoms with Crippen molar-refractivity contribution in [3.8, 4) is 5.75 Å². The predicted molar refractivity (Wildman–Crippen MR) is 63.7 cm³/mol. The van der Waals surface area contributed by atoms with Gasteiger partial charge in [0.1, 0.15) is 6.61 Å². The average Bonchev–Trinajstić information content (AvgIpc) is 2.31. The highest BCUT2D eigenvalue weighted by molar-refractivity contribution is 5.52. The molecular weight excluding hydrogens is 188 g/mol. The van der Waals surface area contributed by atoms with E-state index in [1.165, 1.54) is 5.56 Å². The summed E-state index contributed by atoms with van der Waals surface area (Å²) in [5.74, 6) is 2.26. The van der Waals surface area contributed by atoms with E-state index in [0.29, 0.717) is 5.92 Å². The Balaban J connectivity index is 0.000000531. The molecule has 0 fully saturated rings. The first-order valence-electron chi connectivity index (χ1n) is 5.64.